The molecule has 1 heterocycles. The first-order chi connectivity index (χ1) is 9.02. The second kappa shape index (κ2) is 4.06. The molecule has 2 aliphatic rings. The SMILES string of the molecule is CCN1C(=O)C2(CC(C)CC2C)c2cccc(F)c21. The predicted molar refractivity (Wildman–Crippen MR) is 73.7 cm³/mol. The minimum absolute atomic E-state index is 0.104. The topological polar surface area (TPSA) is 20.3 Å². The second-order valence-electron chi connectivity index (χ2n) is 6.10. The van der Waals surface area contributed by atoms with Crippen molar-refractivity contribution in [1.82, 2.24) is 0 Å². The Balaban J connectivity index is 2.25. The lowest BCUT2D eigenvalue weighted by Gasteiger charge is -2.28. The van der Waals surface area contributed by atoms with Gasteiger partial charge in [-0.15, -0.1) is 0 Å². The molecule has 0 bridgehead atoms. The Bertz CT molecular complexity index is 542. The van der Waals surface area contributed by atoms with Crippen molar-refractivity contribution in [2.75, 3.05) is 11.4 Å². The van der Waals surface area contributed by atoms with Crippen LogP contribution >= 0.6 is 0 Å². The van der Waals surface area contributed by atoms with Gasteiger partial charge in [-0.05, 0) is 43.2 Å². The predicted octanol–water partition coefficient (Wildman–Crippen LogP) is 3.50. The molecular formula is C16H20FNO. The summed E-state index contributed by atoms with van der Waals surface area (Å²) in [5.74, 6) is 0.641. The number of carbonyl (C=O) groups is 1. The highest BCUT2D eigenvalue weighted by Crippen LogP contribution is 2.56. The molecule has 1 amide bonds. The van der Waals surface area contributed by atoms with Gasteiger partial charge in [0.05, 0.1) is 11.1 Å². The third-order valence-corrected chi connectivity index (χ3v) is 4.95. The summed E-state index contributed by atoms with van der Waals surface area (Å²) in [6, 6.07) is 5.13. The minimum atomic E-state index is -0.479. The number of halogens is 1. The van der Waals surface area contributed by atoms with E-state index in [0.717, 1.165) is 18.4 Å². The maximum absolute atomic E-state index is 14.2. The van der Waals surface area contributed by atoms with Crippen molar-refractivity contribution in [2.45, 2.75) is 39.0 Å². The van der Waals surface area contributed by atoms with Crippen LogP contribution in [-0.2, 0) is 10.2 Å². The fourth-order valence-electron chi connectivity index (χ4n) is 4.22. The first-order valence-electron chi connectivity index (χ1n) is 7.13. The number of hydrogen-bond acceptors (Lipinski definition) is 1. The summed E-state index contributed by atoms with van der Waals surface area (Å²) in [6.07, 6.45) is 1.89. The molecule has 1 aromatic carbocycles. The molecule has 1 aliphatic carbocycles. The van der Waals surface area contributed by atoms with E-state index in [1.807, 2.05) is 13.0 Å². The lowest BCUT2D eigenvalue weighted by molar-refractivity contribution is -0.124. The highest BCUT2D eigenvalue weighted by atomic mass is 19.1. The summed E-state index contributed by atoms with van der Waals surface area (Å²) in [5.41, 5.74) is 0.958. The van der Waals surface area contributed by atoms with Crippen LogP contribution < -0.4 is 4.90 Å². The van der Waals surface area contributed by atoms with Crippen molar-refractivity contribution in [1.29, 1.82) is 0 Å². The number of para-hydroxylation sites is 1. The lowest BCUT2D eigenvalue weighted by Crippen LogP contribution is -2.42. The van der Waals surface area contributed by atoms with E-state index in [2.05, 4.69) is 13.8 Å². The van der Waals surface area contributed by atoms with Gasteiger partial charge < -0.3 is 4.90 Å². The van der Waals surface area contributed by atoms with Crippen LogP contribution in [0.3, 0.4) is 0 Å². The lowest BCUT2D eigenvalue weighted by atomic mass is 9.73. The number of likely N-dealkylation sites (N-methyl/N-ethyl adjacent to an activating group) is 1. The van der Waals surface area contributed by atoms with Crippen molar-refractivity contribution in [3.05, 3.63) is 29.6 Å². The summed E-state index contributed by atoms with van der Waals surface area (Å²) in [7, 11) is 0. The van der Waals surface area contributed by atoms with Crippen LogP contribution in [0.25, 0.3) is 0 Å². The molecule has 1 spiro atoms. The molecule has 1 aromatic rings. The van der Waals surface area contributed by atoms with E-state index < -0.39 is 5.41 Å². The highest BCUT2D eigenvalue weighted by molar-refractivity contribution is 6.08. The Hall–Kier alpha value is -1.38. The van der Waals surface area contributed by atoms with Gasteiger partial charge in [0.15, 0.2) is 0 Å². The summed E-state index contributed by atoms with van der Waals surface area (Å²) in [6.45, 7) is 6.77. The normalized spacial score (nSPS) is 33.3. The molecule has 0 N–H and O–H groups in total. The molecular weight excluding hydrogens is 241 g/mol. The largest absolute Gasteiger partial charge is 0.309 e. The molecule has 3 unspecified atom stereocenters. The zero-order chi connectivity index (χ0) is 13.8. The molecule has 1 saturated carbocycles. The molecule has 19 heavy (non-hydrogen) atoms. The first kappa shape index (κ1) is 12.6. The quantitative estimate of drug-likeness (QED) is 0.757. The Morgan fingerprint density at radius 1 is 1.42 bits per heavy atom. The molecule has 3 rings (SSSR count). The summed E-state index contributed by atoms with van der Waals surface area (Å²) in [4.78, 5) is 14.5. The number of amides is 1. The zero-order valence-electron chi connectivity index (χ0n) is 11.7. The van der Waals surface area contributed by atoms with E-state index in [1.54, 1.807) is 11.0 Å². The maximum atomic E-state index is 14.2. The smallest absolute Gasteiger partial charge is 0.238 e. The Morgan fingerprint density at radius 2 is 2.16 bits per heavy atom. The molecule has 0 aromatic heterocycles. The Labute approximate surface area is 113 Å². The maximum Gasteiger partial charge on any atom is 0.238 e. The van der Waals surface area contributed by atoms with E-state index in [4.69, 9.17) is 0 Å². The highest BCUT2D eigenvalue weighted by Gasteiger charge is 2.57. The minimum Gasteiger partial charge on any atom is -0.309 e. The van der Waals surface area contributed by atoms with Gasteiger partial charge in [-0.25, -0.2) is 4.39 Å². The van der Waals surface area contributed by atoms with Gasteiger partial charge in [0.2, 0.25) is 5.91 Å². The van der Waals surface area contributed by atoms with Gasteiger partial charge in [-0.3, -0.25) is 4.79 Å². The van der Waals surface area contributed by atoms with E-state index >= 15 is 0 Å². The van der Waals surface area contributed by atoms with Crippen molar-refractivity contribution >= 4 is 11.6 Å². The van der Waals surface area contributed by atoms with Crippen LogP contribution in [0.2, 0.25) is 0 Å². The van der Waals surface area contributed by atoms with Crippen LogP contribution in [0, 0.1) is 17.7 Å². The van der Waals surface area contributed by atoms with Gasteiger partial charge >= 0.3 is 0 Å². The van der Waals surface area contributed by atoms with E-state index in [-0.39, 0.29) is 17.6 Å². The number of carbonyl (C=O) groups excluding carboxylic acids is 1. The number of hydrogen-bond donors (Lipinski definition) is 0. The van der Waals surface area contributed by atoms with E-state index in [1.165, 1.54) is 6.07 Å². The average molecular weight is 261 g/mol. The van der Waals surface area contributed by atoms with Gasteiger partial charge in [0, 0.05) is 6.54 Å². The number of anilines is 1. The van der Waals surface area contributed by atoms with Gasteiger partial charge in [-0.2, -0.15) is 0 Å². The van der Waals surface area contributed by atoms with E-state index in [0.29, 0.717) is 18.2 Å². The molecule has 2 nitrogen and oxygen atoms in total. The molecule has 3 atom stereocenters. The van der Waals surface area contributed by atoms with Crippen molar-refractivity contribution in [3.8, 4) is 0 Å². The third-order valence-electron chi connectivity index (χ3n) is 4.95. The van der Waals surface area contributed by atoms with Crippen molar-refractivity contribution < 1.29 is 9.18 Å². The molecule has 0 radical (unpaired) electrons. The van der Waals surface area contributed by atoms with Crippen LogP contribution in [-0.4, -0.2) is 12.5 Å². The van der Waals surface area contributed by atoms with Crippen LogP contribution in [0.4, 0.5) is 10.1 Å². The number of fused-ring (bicyclic) bond motifs is 2. The molecule has 1 fully saturated rings. The molecule has 3 heteroatoms. The number of benzene rings is 1. The monoisotopic (exact) mass is 261 g/mol. The van der Waals surface area contributed by atoms with E-state index in [9.17, 15) is 9.18 Å². The van der Waals surface area contributed by atoms with Gasteiger partial charge in [-0.1, -0.05) is 26.0 Å². The molecule has 0 saturated heterocycles. The standard InChI is InChI=1S/C16H20FNO/c1-4-18-14-12(6-5-7-13(14)17)16(15(18)19)9-10(2)8-11(16)3/h5-7,10-11H,4,8-9H2,1-3H3. The first-order valence-corrected chi connectivity index (χ1v) is 7.13. The second-order valence-corrected chi connectivity index (χ2v) is 6.10. The zero-order valence-corrected chi connectivity index (χ0v) is 11.7. The number of rotatable bonds is 1. The van der Waals surface area contributed by atoms with Crippen LogP contribution in [0.1, 0.15) is 39.2 Å². The Kier molecular flexibility index (Phi) is 2.70. The molecule has 102 valence electrons. The third kappa shape index (κ3) is 1.44. The number of nitrogens with zero attached hydrogens (tertiary/aromatic N) is 1. The van der Waals surface area contributed by atoms with Crippen molar-refractivity contribution in [3.63, 3.8) is 0 Å². The molecule has 1 aliphatic heterocycles. The van der Waals surface area contributed by atoms with Crippen LogP contribution in [0.5, 0.6) is 0 Å². The summed E-state index contributed by atoms with van der Waals surface area (Å²) >= 11 is 0. The fourth-order valence-corrected chi connectivity index (χ4v) is 4.22. The fraction of sp³-hybridized carbons (Fsp3) is 0.562. The van der Waals surface area contributed by atoms with Crippen LogP contribution in [0.15, 0.2) is 18.2 Å². The summed E-state index contributed by atoms with van der Waals surface area (Å²) in [5, 5.41) is 0. The van der Waals surface area contributed by atoms with Gasteiger partial charge in [0.25, 0.3) is 0 Å². The Morgan fingerprint density at radius 3 is 2.74 bits per heavy atom. The average Bonchev–Trinajstić information content (AvgIpc) is 2.79. The van der Waals surface area contributed by atoms with Crippen molar-refractivity contribution in [2.24, 2.45) is 11.8 Å². The summed E-state index contributed by atoms with van der Waals surface area (Å²) < 4.78 is 14.2. The van der Waals surface area contributed by atoms with Gasteiger partial charge in [0.1, 0.15) is 5.82 Å².